The van der Waals surface area contributed by atoms with Gasteiger partial charge in [-0.3, -0.25) is 4.90 Å². The third-order valence-corrected chi connectivity index (χ3v) is 6.98. The Morgan fingerprint density at radius 2 is 1.96 bits per heavy atom. The summed E-state index contributed by atoms with van der Waals surface area (Å²) in [6.07, 6.45) is 7.39. The molecule has 1 aliphatic carbocycles. The van der Waals surface area contributed by atoms with E-state index in [4.69, 9.17) is 9.97 Å². The number of likely N-dealkylation sites (tertiary alicyclic amines) is 1. The number of hydrogen-bond donors (Lipinski definition) is 2. The van der Waals surface area contributed by atoms with Crippen molar-refractivity contribution in [1.82, 2.24) is 14.9 Å². The van der Waals surface area contributed by atoms with Crippen LogP contribution in [0.15, 0.2) is 24.3 Å². The lowest BCUT2D eigenvalue weighted by molar-refractivity contribution is 0.216. The number of aromatic nitrogens is 2. The normalized spacial score (nSPS) is 17.2. The van der Waals surface area contributed by atoms with Gasteiger partial charge >= 0.3 is 0 Å². The van der Waals surface area contributed by atoms with Crippen LogP contribution in [-0.2, 0) is 26.0 Å². The molecule has 1 saturated heterocycles. The van der Waals surface area contributed by atoms with E-state index in [0.29, 0.717) is 0 Å². The summed E-state index contributed by atoms with van der Waals surface area (Å²) in [7, 11) is 0. The van der Waals surface area contributed by atoms with Crippen molar-refractivity contribution in [2.45, 2.75) is 51.7 Å². The standard InChI is InChI=1S/C22H26N4OS/c27-14-15-6-4-7-16(12-15)23-21-20-17-8-5-9-18(17)28-22(20)25-19(24-21)13-26-10-2-1-3-11-26/h4,6-7,12,27H,1-3,5,8-11,13-14H2,(H,23,24,25). The maximum atomic E-state index is 9.46. The molecule has 0 radical (unpaired) electrons. The molecule has 1 aliphatic heterocycles. The van der Waals surface area contributed by atoms with Gasteiger partial charge in [0, 0.05) is 10.6 Å². The molecule has 2 aliphatic rings. The number of aliphatic hydroxyl groups excluding tert-OH is 1. The minimum atomic E-state index is 0.0444. The number of aliphatic hydroxyl groups is 1. The average Bonchev–Trinajstić information content (AvgIpc) is 3.30. The fourth-order valence-electron chi connectivity index (χ4n) is 4.40. The van der Waals surface area contributed by atoms with Gasteiger partial charge in [-0.2, -0.15) is 0 Å². The minimum Gasteiger partial charge on any atom is -0.392 e. The zero-order chi connectivity index (χ0) is 18.9. The third kappa shape index (κ3) is 3.52. The van der Waals surface area contributed by atoms with Crippen LogP contribution in [0.4, 0.5) is 11.5 Å². The number of nitrogens with zero attached hydrogens (tertiary/aromatic N) is 3. The molecule has 0 saturated carbocycles. The Morgan fingerprint density at radius 3 is 2.82 bits per heavy atom. The van der Waals surface area contributed by atoms with Gasteiger partial charge in [-0.1, -0.05) is 18.6 Å². The predicted molar refractivity (Wildman–Crippen MR) is 114 cm³/mol. The van der Waals surface area contributed by atoms with E-state index >= 15 is 0 Å². The van der Waals surface area contributed by atoms with Gasteiger partial charge in [0.05, 0.1) is 18.5 Å². The van der Waals surface area contributed by atoms with E-state index in [2.05, 4.69) is 10.2 Å². The number of hydrogen-bond acceptors (Lipinski definition) is 6. The SMILES string of the molecule is OCc1cccc(Nc2nc(CN3CCCCC3)nc3sc4c(c23)CCC4)c1. The van der Waals surface area contributed by atoms with Crippen LogP contribution in [-0.4, -0.2) is 33.1 Å². The number of piperidine rings is 1. The Balaban J connectivity index is 1.54. The van der Waals surface area contributed by atoms with E-state index < -0.39 is 0 Å². The highest BCUT2D eigenvalue weighted by Gasteiger charge is 2.23. The molecule has 0 bridgehead atoms. The number of fused-ring (bicyclic) bond motifs is 3. The summed E-state index contributed by atoms with van der Waals surface area (Å²) in [5, 5.41) is 14.2. The zero-order valence-corrected chi connectivity index (χ0v) is 16.9. The fourth-order valence-corrected chi connectivity index (χ4v) is 5.68. The lowest BCUT2D eigenvalue weighted by atomic mass is 10.1. The second-order valence-electron chi connectivity index (χ2n) is 7.85. The topological polar surface area (TPSA) is 61.3 Å². The van der Waals surface area contributed by atoms with Crippen molar-refractivity contribution >= 4 is 33.1 Å². The molecule has 28 heavy (non-hydrogen) atoms. The molecule has 146 valence electrons. The molecule has 0 atom stereocenters. The number of anilines is 2. The minimum absolute atomic E-state index is 0.0444. The van der Waals surface area contributed by atoms with E-state index in [1.165, 1.54) is 41.5 Å². The summed E-state index contributed by atoms with van der Waals surface area (Å²) >= 11 is 1.85. The summed E-state index contributed by atoms with van der Waals surface area (Å²) < 4.78 is 0. The van der Waals surface area contributed by atoms with Gasteiger partial charge in [-0.05, 0) is 68.5 Å². The first-order chi connectivity index (χ1) is 13.8. The Bertz CT molecular complexity index is 994. The highest BCUT2D eigenvalue weighted by molar-refractivity contribution is 7.19. The summed E-state index contributed by atoms with van der Waals surface area (Å²) in [6, 6.07) is 7.93. The van der Waals surface area contributed by atoms with E-state index in [1.54, 1.807) is 0 Å². The molecule has 5 rings (SSSR count). The molecule has 2 N–H and O–H groups in total. The van der Waals surface area contributed by atoms with E-state index in [0.717, 1.165) is 60.2 Å². The number of nitrogens with one attached hydrogen (secondary N) is 1. The van der Waals surface area contributed by atoms with Crippen LogP contribution < -0.4 is 5.32 Å². The first-order valence-corrected chi connectivity index (χ1v) is 11.1. The molecule has 0 unspecified atom stereocenters. The number of rotatable bonds is 5. The fraction of sp³-hybridized carbons (Fsp3) is 0.455. The molecule has 3 aromatic rings. The molecular weight excluding hydrogens is 368 g/mol. The van der Waals surface area contributed by atoms with Crippen LogP contribution in [0.3, 0.4) is 0 Å². The molecule has 0 spiro atoms. The average molecular weight is 395 g/mol. The second-order valence-corrected chi connectivity index (χ2v) is 8.93. The first kappa shape index (κ1) is 18.0. The Hall–Kier alpha value is -2.02. The largest absolute Gasteiger partial charge is 0.392 e. The Labute approximate surface area is 169 Å². The van der Waals surface area contributed by atoms with Crippen LogP contribution in [0, 0.1) is 0 Å². The van der Waals surface area contributed by atoms with Gasteiger partial charge in [-0.15, -0.1) is 11.3 Å². The summed E-state index contributed by atoms with van der Waals surface area (Å²) in [5.41, 5.74) is 3.30. The highest BCUT2D eigenvalue weighted by Crippen LogP contribution is 2.40. The summed E-state index contributed by atoms with van der Waals surface area (Å²) in [6.45, 7) is 3.15. The van der Waals surface area contributed by atoms with Crippen molar-refractivity contribution in [3.05, 3.63) is 46.1 Å². The lowest BCUT2D eigenvalue weighted by Crippen LogP contribution is -2.29. The monoisotopic (exact) mass is 394 g/mol. The van der Waals surface area contributed by atoms with Gasteiger partial charge in [0.15, 0.2) is 0 Å². The van der Waals surface area contributed by atoms with Crippen molar-refractivity contribution in [1.29, 1.82) is 0 Å². The van der Waals surface area contributed by atoms with Gasteiger partial charge in [-0.25, -0.2) is 9.97 Å². The zero-order valence-electron chi connectivity index (χ0n) is 16.1. The van der Waals surface area contributed by atoms with Gasteiger partial charge < -0.3 is 10.4 Å². The van der Waals surface area contributed by atoms with Crippen LogP contribution in [0.2, 0.25) is 0 Å². The van der Waals surface area contributed by atoms with Crippen LogP contribution in [0.1, 0.15) is 47.5 Å². The van der Waals surface area contributed by atoms with Gasteiger partial charge in [0.25, 0.3) is 0 Å². The van der Waals surface area contributed by atoms with Crippen molar-refractivity contribution in [2.75, 3.05) is 18.4 Å². The lowest BCUT2D eigenvalue weighted by Gasteiger charge is -2.25. The van der Waals surface area contributed by atoms with E-state index in [9.17, 15) is 5.11 Å². The van der Waals surface area contributed by atoms with Gasteiger partial charge in [0.1, 0.15) is 16.5 Å². The molecular formula is C22H26N4OS. The first-order valence-electron chi connectivity index (χ1n) is 10.3. The second kappa shape index (κ2) is 7.78. The molecule has 0 amide bonds. The molecule has 6 heteroatoms. The molecule has 1 fully saturated rings. The maximum absolute atomic E-state index is 9.46. The number of thiophene rings is 1. The molecule has 1 aromatic carbocycles. The van der Waals surface area contributed by atoms with Crippen LogP contribution in [0.25, 0.3) is 10.2 Å². The predicted octanol–water partition coefficient (Wildman–Crippen LogP) is 4.40. The highest BCUT2D eigenvalue weighted by atomic mass is 32.1. The van der Waals surface area contributed by atoms with Gasteiger partial charge in [0.2, 0.25) is 0 Å². The van der Waals surface area contributed by atoms with Crippen molar-refractivity contribution in [3.63, 3.8) is 0 Å². The number of aryl methyl sites for hydroxylation is 2. The smallest absolute Gasteiger partial charge is 0.146 e. The van der Waals surface area contributed by atoms with Crippen LogP contribution in [0.5, 0.6) is 0 Å². The maximum Gasteiger partial charge on any atom is 0.146 e. The molecule has 2 aromatic heterocycles. The number of benzene rings is 1. The van der Waals surface area contributed by atoms with Crippen molar-refractivity contribution < 1.29 is 5.11 Å². The van der Waals surface area contributed by atoms with E-state index in [-0.39, 0.29) is 6.61 Å². The molecule has 3 heterocycles. The van der Waals surface area contributed by atoms with E-state index in [1.807, 2.05) is 35.6 Å². The summed E-state index contributed by atoms with van der Waals surface area (Å²) in [5.74, 6) is 1.83. The Morgan fingerprint density at radius 1 is 1.07 bits per heavy atom. The third-order valence-electron chi connectivity index (χ3n) is 5.80. The van der Waals surface area contributed by atoms with Crippen molar-refractivity contribution in [2.24, 2.45) is 0 Å². The summed E-state index contributed by atoms with van der Waals surface area (Å²) in [4.78, 5) is 15.0. The van der Waals surface area contributed by atoms with Crippen molar-refractivity contribution in [3.8, 4) is 0 Å². The van der Waals surface area contributed by atoms with Crippen LogP contribution >= 0.6 is 11.3 Å². The molecule has 5 nitrogen and oxygen atoms in total. The Kier molecular flexibility index (Phi) is 5.01. The quantitative estimate of drug-likeness (QED) is 0.672.